The molecular weight excluding hydrogens is 869 g/mol. The van der Waals surface area contributed by atoms with Gasteiger partial charge in [-0.15, -0.1) is 0 Å². The molecule has 0 bridgehead atoms. The minimum Gasteiger partial charge on any atom is -0.385 e. The van der Waals surface area contributed by atoms with Crippen LogP contribution in [0.1, 0.15) is 175 Å². The molecule has 3 unspecified atom stereocenters. The minimum absolute atomic E-state index is 0. The summed E-state index contributed by atoms with van der Waals surface area (Å²) in [6.07, 6.45) is 9.96. The lowest BCUT2D eigenvalue weighted by atomic mass is 10.1. The largest absolute Gasteiger partial charge is 0.385 e. The summed E-state index contributed by atoms with van der Waals surface area (Å²) in [6.45, 7) is 21.8. The van der Waals surface area contributed by atoms with Gasteiger partial charge in [0.05, 0.1) is 19.3 Å². The van der Waals surface area contributed by atoms with Crippen LogP contribution in [0.15, 0.2) is 0 Å². The van der Waals surface area contributed by atoms with Gasteiger partial charge in [-0.3, -0.25) is 24.0 Å². The fourth-order valence-corrected chi connectivity index (χ4v) is 3.58. The molecule has 0 aliphatic heterocycles. The van der Waals surface area contributed by atoms with Crippen LogP contribution in [0.5, 0.6) is 0 Å². The Hall–Kier alpha value is -2.96. The number of carbonyl (C=O) groups excluding carboxylic acids is 8. The first kappa shape index (κ1) is 90.5. The van der Waals surface area contributed by atoms with Crippen molar-refractivity contribution in [3.63, 3.8) is 0 Å². The zero-order valence-corrected chi connectivity index (χ0v) is 44.0. The third-order valence-electron chi connectivity index (χ3n) is 7.73. The second-order valence-electron chi connectivity index (χ2n) is 14.7. The topological polar surface area (TPSA) is 210 Å². The van der Waals surface area contributed by atoms with Crippen molar-refractivity contribution in [2.45, 2.75) is 188 Å². The highest BCUT2D eigenvalue weighted by molar-refractivity contribution is 5.80. The van der Waals surface area contributed by atoms with Crippen LogP contribution in [-0.4, -0.2) is 155 Å². The SMILES string of the molecule is C.C.C.CCC(CC(C)=O)OC.COC(C)C(C)=O.COCC(C)=O.COCC(C)C(C)=O.COCCC(C)=O.COCCCC(C)=O.COCCCCC(C)=O.COCCCCCC(C)=O. The van der Waals surface area contributed by atoms with Gasteiger partial charge in [0.1, 0.15) is 47.4 Å². The molecule has 0 rings (SSSR count). The minimum atomic E-state index is -0.236. The first-order valence-corrected chi connectivity index (χ1v) is 21.9. The second kappa shape index (κ2) is 77.3. The number of Topliss-reactive ketones (excluding diaryl/α,β-unsaturated/α-hetero) is 8. The van der Waals surface area contributed by atoms with Crippen LogP contribution < -0.4 is 0 Å². The third kappa shape index (κ3) is 127. The van der Waals surface area contributed by atoms with Crippen molar-refractivity contribution in [1.82, 2.24) is 0 Å². The lowest BCUT2D eigenvalue weighted by Crippen LogP contribution is -2.14. The molecule has 0 amide bonds. The average Bonchev–Trinajstić information content (AvgIpc) is 3.21. The number of methoxy groups -OCH3 is 8. The number of ether oxygens (including phenoxy) is 8. The van der Waals surface area contributed by atoms with E-state index in [-0.39, 0.29) is 93.3 Å². The summed E-state index contributed by atoms with van der Waals surface area (Å²) in [5.41, 5.74) is 0. The van der Waals surface area contributed by atoms with Crippen LogP contribution >= 0.6 is 0 Å². The van der Waals surface area contributed by atoms with Crippen molar-refractivity contribution in [1.29, 1.82) is 0 Å². The number of hydrogen-bond donors (Lipinski definition) is 0. The van der Waals surface area contributed by atoms with E-state index in [9.17, 15) is 38.4 Å². The molecule has 0 heterocycles. The highest BCUT2D eigenvalue weighted by atomic mass is 16.5. The van der Waals surface area contributed by atoms with Crippen molar-refractivity contribution in [2.24, 2.45) is 5.92 Å². The highest BCUT2D eigenvalue weighted by Crippen LogP contribution is 2.02. The fraction of sp³-hybridized carbons (Fsp3) is 0.843. The summed E-state index contributed by atoms with van der Waals surface area (Å²) in [5.74, 6) is 1.56. The zero-order valence-electron chi connectivity index (χ0n) is 44.0. The number of unbranched alkanes of at least 4 members (excludes halogenated alkanes) is 3. The van der Waals surface area contributed by atoms with Gasteiger partial charge in [0, 0.05) is 115 Å². The summed E-state index contributed by atoms with van der Waals surface area (Å²) >= 11 is 0. The van der Waals surface area contributed by atoms with E-state index in [0.29, 0.717) is 45.5 Å². The van der Waals surface area contributed by atoms with Gasteiger partial charge in [-0.05, 0) is 101 Å². The third-order valence-corrected chi connectivity index (χ3v) is 7.73. The van der Waals surface area contributed by atoms with Crippen LogP contribution in [0.2, 0.25) is 0 Å². The van der Waals surface area contributed by atoms with Crippen molar-refractivity contribution in [2.75, 3.05) is 96.5 Å². The standard InChI is InChI=1S/C8H16O2.2C7H14O2.2C6H12O2.2C5H10O2.C4H8O2.3CH4/c1-8(9)6-4-3-5-7-10-2;1-7(8)5-3-4-6-9-2;1-4-7(9-3)5-6(2)8;1-5(4-8-3)6(2)7;1-6(7)4-3-5-8-2;1-5(6)3-4-7-2;1-4(6)5(2)7-3;1-4(5)3-6-2;;;/h3-7H2,1-2H3;3-6H2,1-2H3;7H,4-5H2,1-3H3;5H,4H2,1-3H3;3-5H2,1-2H3;3-4H2,1-2H3;5H,1-3H3;3H2,1-2H3;3*1H4. The highest BCUT2D eigenvalue weighted by Gasteiger charge is 2.06. The summed E-state index contributed by atoms with van der Waals surface area (Å²) in [5, 5.41) is 0. The van der Waals surface area contributed by atoms with Crippen LogP contribution in [0.4, 0.5) is 0 Å². The molecule has 0 aromatic rings. The van der Waals surface area contributed by atoms with Gasteiger partial charge in [0.15, 0.2) is 11.6 Å². The molecular formula is C51H108O16. The molecule has 0 aliphatic carbocycles. The second-order valence-corrected chi connectivity index (χ2v) is 14.7. The van der Waals surface area contributed by atoms with Crippen molar-refractivity contribution in [3.8, 4) is 0 Å². The summed E-state index contributed by atoms with van der Waals surface area (Å²) in [6, 6.07) is 0. The van der Waals surface area contributed by atoms with E-state index < -0.39 is 0 Å². The Bertz CT molecular complexity index is 1080. The lowest BCUT2D eigenvalue weighted by molar-refractivity contribution is -0.125. The Balaban J connectivity index is -0.0000000593. The molecule has 67 heavy (non-hydrogen) atoms. The Morgan fingerprint density at radius 1 is 0.388 bits per heavy atom. The van der Waals surface area contributed by atoms with Gasteiger partial charge < -0.3 is 52.3 Å². The maximum Gasteiger partial charge on any atom is 0.158 e. The van der Waals surface area contributed by atoms with E-state index in [1.165, 1.54) is 28.1 Å². The molecule has 0 aliphatic rings. The zero-order chi connectivity index (χ0) is 51.7. The van der Waals surface area contributed by atoms with Crippen LogP contribution in [0.25, 0.3) is 0 Å². The molecule has 0 radical (unpaired) electrons. The molecule has 0 saturated heterocycles. The predicted molar refractivity (Wildman–Crippen MR) is 274 cm³/mol. The number of carbonyl (C=O) groups is 8. The first-order chi connectivity index (χ1) is 29.9. The molecule has 408 valence electrons. The van der Waals surface area contributed by atoms with Crippen molar-refractivity contribution in [3.05, 3.63) is 0 Å². The van der Waals surface area contributed by atoms with E-state index in [2.05, 4.69) is 14.2 Å². The van der Waals surface area contributed by atoms with E-state index in [1.54, 1.807) is 91.1 Å². The maximum atomic E-state index is 10.5. The normalized spacial score (nSPS) is 10.3. The molecule has 0 aromatic carbocycles. The van der Waals surface area contributed by atoms with Gasteiger partial charge in [-0.2, -0.15) is 0 Å². The molecule has 16 heteroatoms. The monoisotopic (exact) mass is 977 g/mol. The number of ketones is 8. The van der Waals surface area contributed by atoms with Crippen LogP contribution in [-0.2, 0) is 76.3 Å². The van der Waals surface area contributed by atoms with Crippen LogP contribution in [0.3, 0.4) is 0 Å². The molecule has 0 N–H and O–H groups in total. The Kier molecular flexibility index (Phi) is 104. The Labute approximate surface area is 411 Å². The summed E-state index contributed by atoms with van der Waals surface area (Å²) in [4.78, 5) is 82.3. The van der Waals surface area contributed by atoms with Crippen LogP contribution in [0, 0.1) is 5.92 Å². The maximum absolute atomic E-state index is 10.5. The van der Waals surface area contributed by atoms with E-state index in [0.717, 1.165) is 64.6 Å². The van der Waals surface area contributed by atoms with Gasteiger partial charge in [0.2, 0.25) is 0 Å². The molecule has 0 spiro atoms. The quantitative estimate of drug-likeness (QED) is 0.0638. The van der Waals surface area contributed by atoms with Crippen molar-refractivity contribution < 1.29 is 76.3 Å². The summed E-state index contributed by atoms with van der Waals surface area (Å²) in [7, 11) is 12.9. The fourth-order valence-electron chi connectivity index (χ4n) is 3.58. The van der Waals surface area contributed by atoms with E-state index in [4.69, 9.17) is 23.7 Å². The van der Waals surface area contributed by atoms with Crippen molar-refractivity contribution >= 4 is 46.3 Å². The Morgan fingerprint density at radius 2 is 0.761 bits per heavy atom. The average molecular weight is 977 g/mol. The lowest BCUT2D eigenvalue weighted by Gasteiger charge is -2.08. The molecule has 0 saturated carbocycles. The first-order valence-electron chi connectivity index (χ1n) is 21.9. The number of hydrogen-bond acceptors (Lipinski definition) is 16. The molecule has 0 fully saturated rings. The van der Waals surface area contributed by atoms with E-state index >= 15 is 0 Å². The van der Waals surface area contributed by atoms with Gasteiger partial charge in [0.25, 0.3) is 0 Å². The van der Waals surface area contributed by atoms with Gasteiger partial charge >= 0.3 is 0 Å². The molecule has 3 atom stereocenters. The molecule has 16 nitrogen and oxygen atoms in total. The Morgan fingerprint density at radius 3 is 0.955 bits per heavy atom. The smallest absolute Gasteiger partial charge is 0.158 e. The van der Waals surface area contributed by atoms with E-state index in [1.807, 2.05) is 13.8 Å². The number of rotatable bonds is 29. The predicted octanol–water partition coefficient (Wildman–Crippen LogP) is 9.78. The summed E-state index contributed by atoms with van der Waals surface area (Å²) < 4.78 is 37.9. The van der Waals surface area contributed by atoms with Gasteiger partial charge in [-0.1, -0.05) is 42.5 Å². The van der Waals surface area contributed by atoms with Gasteiger partial charge in [-0.25, -0.2) is 0 Å². The molecule has 0 aromatic heterocycles.